The second-order valence-electron chi connectivity index (χ2n) is 3.76. The Balaban J connectivity index is 2.55. The van der Waals surface area contributed by atoms with Gasteiger partial charge in [0, 0.05) is 17.3 Å². The molecule has 0 bridgehead atoms. The van der Waals surface area contributed by atoms with Crippen molar-refractivity contribution in [2.24, 2.45) is 0 Å². The van der Waals surface area contributed by atoms with Crippen molar-refractivity contribution in [1.29, 1.82) is 0 Å². The quantitative estimate of drug-likeness (QED) is 0.805. The number of nitrogens with one attached hydrogen (secondary N) is 1. The lowest BCUT2D eigenvalue weighted by Crippen LogP contribution is -2.13. The van der Waals surface area contributed by atoms with Gasteiger partial charge in [0.1, 0.15) is 9.84 Å². The number of rotatable bonds is 6. The molecule has 102 valence electrons. The smallest absolute Gasteiger partial charge is 0.150 e. The van der Waals surface area contributed by atoms with Crippen LogP contribution >= 0.6 is 34.8 Å². The first-order valence-electron chi connectivity index (χ1n) is 5.44. The van der Waals surface area contributed by atoms with Gasteiger partial charge in [0.2, 0.25) is 0 Å². The van der Waals surface area contributed by atoms with Crippen LogP contribution in [-0.4, -0.2) is 26.5 Å². The van der Waals surface area contributed by atoms with Crippen molar-refractivity contribution in [1.82, 2.24) is 0 Å². The maximum absolute atomic E-state index is 11.3. The summed E-state index contributed by atoms with van der Waals surface area (Å²) in [5.74, 6) is 0.314. The van der Waals surface area contributed by atoms with Gasteiger partial charge >= 0.3 is 0 Å². The Labute approximate surface area is 122 Å². The molecule has 0 aliphatic heterocycles. The summed E-state index contributed by atoms with van der Waals surface area (Å²) in [6, 6.07) is 3.17. The predicted molar refractivity (Wildman–Crippen MR) is 78.9 cm³/mol. The molecule has 0 unspecified atom stereocenters. The average Bonchev–Trinajstić information content (AvgIpc) is 2.26. The van der Waals surface area contributed by atoms with Crippen molar-refractivity contribution in [3.05, 3.63) is 27.2 Å². The molecular weight excluding hydrogens is 317 g/mol. The van der Waals surface area contributed by atoms with Crippen molar-refractivity contribution in [2.75, 3.05) is 23.4 Å². The maximum Gasteiger partial charge on any atom is 0.150 e. The van der Waals surface area contributed by atoms with Gasteiger partial charge < -0.3 is 5.32 Å². The van der Waals surface area contributed by atoms with Gasteiger partial charge in [0.15, 0.2) is 0 Å². The van der Waals surface area contributed by atoms with Crippen LogP contribution < -0.4 is 5.32 Å². The molecule has 3 nitrogen and oxygen atoms in total. The zero-order chi connectivity index (χ0) is 13.8. The third-order valence-electron chi connectivity index (χ3n) is 2.38. The van der Waals surface area contributed by atoms with Crippen LogP contribution in [0, 0.1) is 0 Å². The van der Waals surface area contributed by atoms with Crippen molar-refractivity contribution in [3.8, 4) is 0 Å². The van der Waals surface area contributed by atoms with Gasteiger partial charge in [-0.2, -0.15) is 0 Å². The van der Waals surface area contributed by atoms with Crippen molar-refractivity contribution >= 4 is 50.3 Å². The number of hydrogen-bond acceptors (Lipinski definition) is 3. The standard InChI is InChI=1S/C11H14Cl3NO2S/c1-2-18(16,17)5-3-4-15-11-9(13)6-8(12)7-10(11)14/h6-7,15H,2-5H2,1H3. The number of benzene rings is 1. The van der Waals surface area contributed by atoms with Crippen molar-refractivity contribution < 1.29 is 8.42 Å². The highest BCUT2D eigenvalue weighted by atomic mass is 35.5. The largest absolute Gasteiger partial charge is 0.383 e. The molecule has 0 aliphatic carbocycles. The zero-order valence-electron chi connectivity index (χ0n) is 9.84. The van der Waals surface area contributed by atoms with E-state index in [1.807, 2.05) is 0 Å². The Hall–Kier alpha value is -0.160. The summed E-state index contributed by atoms with van der Waals surface area (Å²) in [6.07, 6.45) is 0.505. The minimum atomic E-state index is -2.93. The summed E-state index contributed by atoms with van der Waals surface area (Å²) >= 11 is 17.7. The molecule has 18 heavy (non-hydrogen) atoms. The van der Waals surface area contributed by atoms with Gasteiger partial charge in [-0.1, -0.05) is 41.7 Å². The van der Waals surface area contributed by atoms with Crippen LogP contribution in [0.1, 0.15) is 13.3 Å². The number of halogens is 3. The lowest BCUT2D eigenvalue weighted by atomic mass is 10.3. The van der Waals surface area contributed by atoms with Gasteiger partial charge in [0.05, 0.1) is 21.5 Å². The van der Waals surface area contributed by atoms with E-state index in [1.54, 1.807) is 19.1 Å². The molecule has 0 atom stereocenters. The van der Waals surface area contributed by atoms with Crippen molar-refractivity contribution in [3.63, 3.8) is 0 Å². The Morgan fingerprint density at radius 1 is 1.17 bits per heavy atom. The van der Waals surface area contributed by atoms with Crippen molar-refractivity contribution in [2.45, 2.75) is 13.3 Å². The summed E-state index contributed by atoms with van der Waals surface area (Å²) in [7, 11) is -2.93. The fourth-order valence-corrected chi connectivity index (χ4v) is 3.18. The molecule has 0 saturated carbocycles. The highest BCUT2D eigenvalue weighted by molar-refractivity contribution is 7.91. The Morgan fingerprint density at radius 2 is 1.72 bits per heavy atom. The second kappa shape index (κ2) is 6.85. The summed E-state index contributed by atoms with van der Waals surface area (Å²) < 4.78 is 22.6. The Kier molecular flexibility index (Phi) is 6.05. The number of hydrogen-bond donors (Lipinski definition) is 1. The first kappa shape index (κ1) is 15.9. The van der Waals surface area contributed by atoms with Gasteiger partial charge in [0.25, 0.3) is 0 Å². The van der Waals surface area contributed by atoms with Gasteiger partial charge in [-0.15, -0.1) is 0 Å². The molecule has 0 radical (unpaired) electrons. The molecule has 0 aliphatic rings. The Bertz CT molecular complexity index is 494. The first-order chi connectivity index (χ1) is 8.35. The first-order valence-corrected chi connectivity index (χ1v) is 8.40. The van der Waals surface area contributed by atoms with Crippen LogP contribution in [0.5, 0.6) is 0 Å². The van der Waals surface area contributed by atoms with E-state index in [0.717, 1.165) is 0 Å². The topological polar surface area (TPSA) is 46.2 Å². The molecule has 1 rings (SSSR count). The highest BCUT2D eigenvalue weighted by Crippen LogP contribution is 2.33. The van der Waals surface area contributed by atoms with Crippen LogP contribution in [0.15, 0.2) is 12.1 Å². The van der Waals surface area contributed by atoms with Gasteiger partial charge in [-0.25, -0.2) is 8.42 Å². The van der Waals surface area contributed by atoms with Crippen LogP contribution in [-0.2, 0) is 9.84 Å². The molecule has 0 fully saturated rings. The fourth-order valence-electron chi connectivity index (χ4n) is 1.36. The molecule has 0 amide bonds. The molecule has 7 heteroatoms. The zero-order valence-corrected chi connectivity index (χ0v) is 12.9. The van der Waals surface area contributed by atoms with Crippen LogP contribution in [0.25, 0.3) is 0 Å². The minimum Gasteiger partial charge on any atom is -0.383 e. The van der Waals surface area contributed by atoms with E-state index in [1.165, 1.54) is 0 Å². The molecule has 0 aromatic heterocycles. The van der Waals surface area contributed by atoms with Crippen LogP contribution in [0.2, 0.25) is 15.1 Å². The Morgan fingerprint density at radius 3 is 2.22 bits per heavy atom. The lowest BCUT2D eigenvalue weighted by molar-refractivity contribution is 0.595. The average molecular weight is 331 g/mol. The van der Waals surface area contributed by atoms with E-state index in [2.05, 4.69) is 5.32 Å². The SMILES string of the molecule is CCS(=O)(=O)CCCNc1c(Cl)cc(Cl)cc1Cl. The van der Waals surface area contributed by atoms with Crippen LogP contribution in [0.4, 0.5) is 5.69 Å². The second-order valence-corrected chi connectivity index (χ2v) is 7.48. The van der Waals surface area contributed by atoms with E-state index in [0.29, 0.717) is 33.7 Å². The minimum absolute atomic E-state index is 0.152. The monoisotopic (exact) mass is 329 g/mol. The molecule has 0 saturated heterocycles. The predicted octanol–water partition coefficient (Wildman–Crippen LogP) is 3.88. The lowest BCUT2D eigenvalue weighted by Gasteiger charge is -2.10. The third-order valence-corrected chi connectivity index (χ3v) is 4.99. The number of sulfone groups is 1. The number of anilines is 1. The normalized spacial score (nSPS) is 11.6. The van der Waals surface area contributed by atoms with Gasteiger partial charge in [-0.05, 0) is 18.6 Å². The summed E-state index contributed by atoms with van der Waals surface area (Å²) in [5.41, 5.74) is 0.580. The molecule has 1 aromatic carbocycles. The van der Waals surface area contributed by atoms with Gasteiger partial charge in [-0.3, -0.25) is 0 Å². The maximum atomic E-state index is 11.3. The summed E-state index contributed by atoms with van der Waals surface area (Å²) in [4.78, 5) is 0. The summed E-state index contributed by atoms with van der Waals surface area (Å²) in [6.45, 7) is 2.12. The fraction of sp³-hybridized carbons (Fsp3) is 0.455. The van der Waals surface area contributed by atoms with E-state index >= 15 is 0 Å². The molecule has 0 spiro atoms. The van der Waals surface area contributed by atoms with E-state index in [9.17, 15) is 8.42 Å². The molecule has 0 heterocycles. The molecule has 1 aromatic rings. The highest BCUT2D eigenvalue weighted by Gasteiger charge is 2.09. The van der Waals surface area contributed by atoms with E-state index in [-0.39, 0.29) is 11.5 Å². The van der Waals surface area contributed by atoms with E-state index in [4.69, 9.17) is 34.8 Å². The third kappa shape index (κ3) is 4.84. The van der Waals surface area contributed by atoms with Crippen LogP contribution in [0.3, 0.4) is 0 Å². The molecular formula is C11H14Cl3NO2S. The van der Waals surface area contributed by atoms with E-state index < -0.39 is 9.84 Å². The summed E-state index contributed by atoms with van der Waals surface area (Å²) in [5, 5.41) is 4.32. The molecule has 1 N–H and O–H groups in total.